The van der Waals surface area contributed by atoms with Crippen molar-refractivity contribution in [2.45, 2.75) is 120 Å². The largest absolute Gasteiger partial charge is 0.390 e. The minimum absolute atomic E-state index is 0.0306. The summed E-state index contributed by atoms with van der Waals surface area (Å²) in [4.78, 5) is 31.6. The molecule has 2 aliphatic carbocycles. The van der Waals surface area contributed by atoms with Crippen molar-refractivity contribution in [3.05, 3.63) is 0 Å². The van der Waals surface area contributed by atoms with Crippen LogP contribution in [0.3, 0.4) is 0 Å². The maximum Gasteiger partial charge on any atom is 0.226 e. The zero-order chi connectivity index (χ0) is 35.0. The van der Waals surface area contributed by atoms with Gasteiger partial charge in [-0.3, -0.25) is 9.59 Å². The van der Waals surface area contributed by atoms with E-state index < -0.39 is 78.7 Å². The number of hydrazine groups is 1. The molecule has 0 heterocycles. The van der Waals surface area contributed by atoms with E-state index in [9.17, 15) is 40.3 Å². The Morgan fingerprint density at radius 1 is 0.870 bits per heavy atom. The average molecular weight is 702 g/mol. The Kier molecular flexibility index (Phi) is 15.8. The first-order valence-corrected chi connectivity index (χ1v) is 19.6. The summed E-state index contributed by atoms with van der Waals surface area (Å²) in [5, 5.41) is 13.5. The summed E-state index contributed by atoms with van der Waals surface area (Å²) in [7, 11) is -3.31. The number of nitrogens with one attached hydrogen (secondary N) is 2. The average Bonchev–Trinajstić information content (AvgIpc) is 2.94. The van der Waals surface area contributed by atoms with Crippen LogP contribution < -0.4 is 10.1 Å². The van der Waals surface area contributed by atoms with Gasteiger partial charge in [-0.2, -0.15) is 0 Å². The van der Waals surface area contributed by atoms with E-state index in [0.29, 0.717) is 13.1 Å². The molecule has 2 rings (SSSR count). The van der Waals surface area contributed by atoms with Crippen LogP contribution in [0.15, 0.2) is 0 Å². The highest BCUT2D eigenvalue weighted by atomic mass is 32.2. The first kappa shape index (κ1) is 40.7. The fourth-order valence-corrected chi connectivity index (χ4v) is 8.84. The summed E-state index contributed by atoms with van der Waals surface area (Å²) in [6.45, 7) is 7.68. The smallest absolute Gasteiger partial charge is 0.226 e. The fourth-order valence-electron chi connectivity index (χ4n) is 6.58. The Labute approximate surface area is 275 Å². The molecule has 0 aromatic heterocycles. The molecule has 270 valence electrons. The summed E-state index contributed by atoms with van der Waals surface area (Å²) in [5.74, 6) is -2.83. The van der Waals surface area contributed by atoms with E-state index in [1.807, 2.05) is 13.8 Å². The van der Waals surface area contributed by atoms with Gasteiger partial charge >= 0.3 is 0 Å². The third kappa shape index (κ3) is 11.6. The first-order chi connectivity index (χ1) is 21.3. The van der Waals surface area contributed by atoms with Crippen LogP contribution in [0.25, 0.3) is 0 Å². The summed E-state index contributed by atoms with van der Waals surface area (Å²) >= 11 is 0. The number of nitrogens with zero attached hydrogens (tertiary/aromatic N) is 3. The molecule has 7 unspecified atom stereocenters. The topological polar surface area (TPSA) is 156 Å². The van der Waals surface area contributed by atoms with Gasteiger partial charge in [0, 0.05) is 59.0 Å². The summed E-state index contributed by atoms with van der Waals surface area (Å²) in [6, 6.07) is -1.02. The van der Waals surface area contributed by atoms with E-state index in [1.54, 1.807) is 4.90 Å². The van der Waals surface area contributed by atoms with Crippen molar-refractivity contribution in [3.63, 3.8) is 0 Å². The van der Waals surface area contributed by atoms with Crippen LogP contribution in [0.5, 0.6) is 0 Å². The van der Waals surface area contributed by atoms with E-state index in [1.165, 1.54) is 40.0 Å². The van der Waals surface area contributed by atoms with Gasteiger partial charge in [0.25, 0.3) is 0 Å². The lowest BCUT2D eigenvalue weighted by Gasteiger charge is -2.38. The monoisotopic (exact) mass is 701 g/mol. The van der Waals surface area contributed by atoms with Crippen molar-refractivity contribution in [2.75, 3.05) is 40.8 Å². The molecule has 0 aliphatic heterocycles. The lowest BCUT2D eigenvalue weighted by molar-refractivity contribution is -0.138. The van der Waals surface area contributed by atoms with E-state index in [4.69, 9.17) is 0 Å². The van der Waals surface area contributed by atoms with Gasteiger partial charge in [-0.05, 0) is 71.1 Å². The number of carbonyl (C=O) groups is 2. The van der Waals surface area contributed by atoms with Gasteiger partial charge in [0.1, 0.15) is 12.3 Å². The van der Waals surface area contributed by atoms with Crippen LogP contribution in [0, 0.1) is 17.8 Å². The molecule has 3 N–H and O–H groups in total. The molecule has 0 radical (unpaired) electrons. The van der Waals surface area contributed by atoms with E-state index in [0.717, 1.165) is 17.1 Å². The summed E-state index contributed by atoms with van der Waals surface area (Å²) in [5.41, 5.74) is 0. The maximum atomic E-state index is 14.3. The Hall–Kier alpha value is -1.46. The Morgan fingerprint density at radius 2 is 1.41 bits per heavy atom. The predicted molar refractivity (Wildman–Crippen MR) is 174 cm³/mol. The lowest BCUT2D eigenvalue weighted by Crippen LogP contribution is -2.54. The predicted octanol–water partition coefficient (Wildman–Crippen LogP) is 2.20. The number of alkyl halides is 2. The van der Waals surface area contributed by atoms with Crippen LogP contribution in [0.1, 0.15) is 85.5 Å². The van der Waals surface area contributed by atoms with Gasteiger partial charge in [0.15, 0.2) is 0 Å². The quantitative estimate of drug-likeness (QED) is 0.195. The highest BCUT2D eigenvalue weighted by molar-refractivity contribution is 7.90. The molecule has 0 aromatic carbocycles. The molecule has 2 fully saturated rings. The molecule has 2 amide bonds. The van der Waals surface area contributed by atoms with Gasteiger partial charge in [0.05, 0.1) is 22.6 Å². The number of carbonyl (C=O) groups excluding carboxylic acids is 2. The fraction of sp³-hybridized carbons (Fsp3) is 0.933. The zero-order valence-electron chi connectivity index (χ0n) is 28.5. The second kappa shape index (κ2) is 17.8. The normalized spacial score (nSPS) is 27.5. The third-order valence-electron chi connectivity index (χ3n) is 9.05. The SMILES string of the molecule is CCCN(CCC)C(=O)C1CC(C(=O)NC(CC2CC(F)CC(F)C2)C(O)CN(C)NS(=O)(=O)C(C)C)CC(S(=O)(=O)N(C)C)C1. The van der Waals surface area contributed by atoms with Crippen LogP contribution in [0.2, 0.25) is 0 Å². The minimum Gasteiger partial charge on any atom is -0.390 e. The summed E-state index contributed by atoms with van der Waals surface area (Å²) < 4.78 is 81.0. The number of likely N-dealkylation sites (N-methyl/N-ethyl adjacent to an activating group) is 1. The summed E-state index contributed by atoms with van der Waals surface area (Å²) in [6.07, 6.45) is -2.50. The number of rotatable bonds is 17. The maximum absolute atomic E-state index is 14.3. The van der Waals surface area contributed by atoms with Crippen molar-refractivity contribution >= 4 is 31.9 Å². The second-order valence-corrected chi connectivity index (χ2v) is 18.3. The Bertz CT molecular complexity index is 1190. The molecule has 0 aromatic rings. The van der Waals surface area contributed by atoms with Crippen LogP contribution in [-0.2, 0) is 29.6 Å². The Morgan fingerprint density at radius 3 is 1.91 bits per heavy atom. The highest BCUT2D eigenvalue weighted by Crippen LogP contribution is 2.36. The highest BCUT2D eigenvalue weighted by Gasteiger charge is 2.44. The second-order valence-electron chi connectivity index (χ2n) is 13.6. The molecule has 46 heavy (non-hydrogen) atoms. The lowest BCUT2D eigenvalue weighted by atomic mass is 9.79. The number of aliphatic hydroxyl groups excluding tert-OH is 1. The van der Waals surface area contributed by atoms with Gasteiger partial charge in [0.2, 0.25) is 31.9 Å². The molecule has 16 heteroatoms. The van der Waals surface area contributed by atoms with E-state index in [-0.39, 0.29) is 57.4 Å². The number of amides is 2. The molecular weight excluding hydrogens is 644 g/mol. The minimum atomic E-state index is -3.83. The van der Waals surface area contributed by atoms with E-state index in [2.05, 4.69) is 10.1 Å². The number of halogens is 2. The number of sulfonamides is 2. The number of hydrogen-bond acceptors (Lipinski definition) is 8. The van der Waals surface area contributed by atoms with Crippen LogP contribution >= 0.6 is 0 Å². The molecule has 2 aliphatic rings. The molecule has 12 nitrogen and oxygen atoms in total. The Balaban J connectivity index is 2.36. The zero-order valence-corrected chi connectivity index (χ0v) is 30.1. The van der Waals surface area contributed by atoms with E-state index >= 15 is 0 Å². The van der Waals surface area contributed by atoms with Gasteiger partial charge in [-0.25, -0.2) is 34.9 Å². The first-order valence-electron chi connectivity index (χ1n) is 16.5. The van der Waals surface area contributed by atoms with Gasteiger partial charge in [-0.1, -0.05) is 13.8 Å². The van der Waals surface area contributed by atoms with Crippen molar-refractivity contribution in [2.24, 2.45) is 17.8 Å². The molecule has 7 atom stereocenters. The van der Waals surface area contributed by atoms with Crippen molar-refractivity contribution in [1.82, 2.24) is 24.4 Å². The molecule has 0 spiro atoms. The molecule has 0 saturated heterocycles. The number of hydrogen-bond donors (Lipinski definition) is 3. The van der Waals surface area contributed by atoms with Crippen LogP contribution in [0.4, 0.5) is 8.78 Å². The van der Waals surface area contributed by atoms with Gasteiger partial charge in [-0.15, -0.1) is 4.83 Å². The van der Waals surface area contributed by atoms with Crippen molar-refractivity contribution in [1.29, 1.82) is 0 Å². The third-order valence-corrected chi connectivity index (χ3v) is 13.1. The van der Waals surface area contributed by atoms with Crippen molar-refractivity contribution in [3.8, 4) is 0 Å². The number of aliphatic hydroxyl groups is 1. The van der Waals surface area contributed by atoms with Crippen molar-refractivity contribution < 1.29 is 40.3 Å². The molecule has 2 saturated carbocycles. The molecular formula is C30H57F2N5O7S2. The molecule has 0 bridgehead atoms. The van der Waals surface area contributed by atoms with Crippen LogP contribution in [-0.4, -0.2) is 124 Å². The van der Waals surface area contributed by atoms with Gasteiger partial charge < -0.3 is 15.3 Å². The standard InChI is InChI=1S/C30H57F2N5O7S2/c1-8-10-37(11-9-2)30(40)23-15-22(16-26(17-23)46(43,44)35(5)6)29(39)33-27(14-21-12-24(31)18-25(32)13-21)28(38)19-36(7)34-45(41,42)20(3)4/h20-28,34,38H,8-19H2,1-7H3,(H,33,39).